The van der Waals surface area contributed by atoms with Gasteiger partial charge in [-0.1, -0.05) is 42.5 Å². The van der Waals surface area contributed by atoms with E-state index in [-0.39, 0.29) is 5.91 Å². The van der Waals surface area contributed by atoms with Crippen molar-refractivity contribution in [2.45, 2.75) is 13.0 Å². The van der Waals surface area contributed by atoms with E-state index in [0.29, 0.717) is 5.75 Å². The highest BCUT2D eigenvalue weighted by Crippen LogP contribution is 2.23. The van der Waals surface area contributed by atoms with Crippen molar-refractivity contribution in [3.8, 4) is 16.9 Å². The lowest BCUT2D eigenvalue weighted by molar-refractivity contribution is -0.122. The predicted octanol–water partition coefficient (Wildman–Crippen LogP) is 4.60. The predicted molar refractivity (Wildman–Crippen MR) is 120 cm³/mol. The van der Waals surface area contributed by atoms with Gasteiger partial charge in [0.1, 0.15) is 5.75 Å². The van der Waals surface area contributed by atoms with Gasteiger partial charge in [-0.25, -0.2) is 0 Å². The van der Waals surface area contributed by atoms with Crippen molar-refractivity contribution in [2.75, 3.05) is 36.5 Å². The van der Waals surface area contributed by atoms with Crippen LogP contribution < -0.4 is 15.0 Å². The number of nitrogens with zero attached hydrogens (tertiary/aromatic N) is 1. The summed E-state index contributed by atoms with van der Waals surface area (Å²) in [4.78, 5) is 14.8. The molecule has 0 radical (unpaired) electrons. The maximum absolute atomic E-state index is 12.5. The Morgan fingerprint density at radius 3 is 2.20 bits per heavy atom. The molecule has 1 atom stereocenters. The Morgan fingerprint density at radius 1 is 0.900 bits per heavy atom. The molecule has 0 bridgehead atoms. The molecule has 1 heterocycles. The second-order valence-corrected chi connectivity index (χ2v) is 7.29. The van der Waals surface area contributed by atoms with Crippen LogP contribution in [0.15, 0.2) is 78.9 Å². The third kappa shape index (κ3) is 4.99. The molecule has 5 heteroatoms. The van der Waals surface area contributed by atoms with Gasteiger partial charge in [-0.2, -0.15) is 0 Å². The Kier molecular flexibility index (Phi) is 6.30. The molecule has 0 saturated carbocycles. The lowest BCUT2D eigenvalue weighted by Crippen LogP contribution is -2.36. The Bertz CT molecular complexity index is 950. The van der Waals surface area contributed by atoms with Gasteiger partial charge in [0, 0.05) is 24.5 Å². The van der Waals surface area contributed by atoms with Crippen molar-refractivity contribution >= 4 is 17.3 Å². The van der Waals surface area contributed by atoms with Gasteiger partial charge in [-0.05, 0) is 54.4 Å². The standard InChI is InChI=1S/C25H26N2O3/c1-19(30-24-13-7-21(8-14-24)20-5-3-2-4-6-20)25(28)26-22-9-11-23(12-10-22)27-15-17-29-18-16-27/h2-14,19H,15-18H2,1H3,(H,26,28). The van der Waals surface area contributed by atoms with Crippen LogP contribution in [0.1, 0.15) is 6.92 Å². The summed E-state index contributed by atoms with van der Waals surface area (Å²) in [5.74, 6) is 0.487. The van der Waals surface area contributed by atoms with Crippen LogP contribution in [-0.4, -0.2) is 38.3 Å². The molecule has 1 saturated heterocycles. The van der Waals surface area contributed by atoms with Gasteiger partial charge < -0.3 is 19.7 Å². The molecule has 30 heavy (non-hydrogen) atoms. The van der Waals surface area contributed by atoms with E-state index in [1.54, 1.807) is 6.92 Å². The Morgan fingerprint density at radius 2 is 1.53 bits per heavy atom. The molecule has 0 aliphatic carbocycles. The number of hydrogen-bond donors (Lipinski definition) is 1. The van der Waals surface area contributed by atoms with Crippen LogP contribution in [0.2, 0.25) is 0 Å². The molecule has 1 amide bonds. The summed E-state index contributed by atoms with van der Waals surface area (Å²) >= 11 is 0. The van der Waals surface area contributed by atoms with Gasteiger partial charge in [0.25, 0.3) is 5.91 Å². The Labute approximate surface area is 177 Å². The lowest BCUT2D eigenvalue weighted by Gasteiger charge is -2.29. The minimum absolute atomic E-state index is 0.179. The first-order chi connectivity index (χ1) is 14.7. The largest absolute Gasteiger partial charge is 0.481 e. The van der Waals surface area contributed by atoms with Crippen LogP contribution >= 0.6 is 0 Å². The number of carbonyl (C=O) groups excluding carboxylic acids is 1. The van der Waals surface area contributed by atoms with Gasteiger partial charge in [-0.15, -0.1) is 0 Å². The number of carbonyl (C=O) groups is 1. The average molecular weight is 402 g/mol. The summed E-state index contributed by atoms with van der Waals surface area (Å²) in [6, 6.07) is 25.8. The number of hydrogen-bond acceptors (Lipinski definition) is 4. The molecule has 3 aromatic rings. The fourth-order valence-electron chi connectivity index (χ4n) is 3.44. The van der Waals surface area contributed by atoms with Crippen molar-refractivity contribution in [2.24, 2.45) is 0 Å². The van der Waals surface area contributed by atoms with E-state index in [1.165, 1.54) is 0 Å². The fraction of sp³-hybridized carbons (Fsp3) is 0.240. The van der Waals surface area contributed by atoms with Crippen molar-refractivity contribution in [1.29, 1.82) is 0 Å². The lowest BCUT2D eigenvalue weighted by atomic mass is 10.1. The molecule has 0 aromatic heterocycles. The first kappa shape index (κ1) is 20.0. The zero-order chi connectivity index (χ0) is 20.8. The van der Waals surface area contributed by atoms with Gasteiger partial charge in [0.05, 0.1) is 13.2 Å². The van der Waals surface area contributed by atoms with Crippen molar-refractivity contribution in [3.63, 3.8) is 0 Å². The van der Waals surface area contributed by atoms with Crippen LogP contribution in [0.5, 0.6) is 5.75 Å². The summed E-state index contributed by atoms with van der Waals surface area (Å²) < 4.78 is 11.2. The highest BCUT2D eigenvalue weighted by molar-refractivity contribution is 5.94. The number of ether oxygens (including phenoxy) is 2. The molecule has 1 aliphatic heterocycles. The van der Waals surface area contributed by atoms with Gasteiger partial charge in [0.15, 0.2) is 6.10 Å². The van der Waals surface area contributed by atoms with Crippen LogP contribution in [-0.2, 0) is 9.53 Å². The fourth-order valence-corrected chi connectivity index (χ4v) is 3.44. The van der Waals surface area contributed by atoms with Gasteiger partial charge in [-0.3, -0.25) is 4.79 Å². The summed E-state index contributed by atoms with van der Waals surface area (Å²) in [6.45, 7) is 5.03. The highest BCUT2D eigenvalue weighted by atomic mass is 16.5. The number of rotatable bonds is 6. The third-order valence-electron chi connectivity index (χ3n) is 5.15. The molecule has 1 fully saturated rings. The Hall–Kier alpha value is -3.31. The van der Waals surface area contributed by atoms with Crippen LogP contribution in [0, 0.1) is 0 Å². The Balaban J connectivity index is 1.32. The molecule has 4 rings (SSSR count). The average Bonchev–Trinajstić information content (AvgIpc) is 2.81. The maximum atomic E-state index is 12.5. The minimum atomic E-state index is -0.605. The van der Waals surface area contributed by atoms with E-state index in [9.17, 15) is 4.79 Å². The van der Waals surface area contributed by atoms with Crippen molar-refractivity contribution in [3.05, 3.63) is 78.9 Å². The smallest absolute Gasteiger partial charge is 0.265 e. The minimum Gasteiger partial charge on any atom is -0.481 e. The number of amides is 1. The molecule has 1 unspecified atom stereocenters. The number of nitrogens with one attached hydrogen (secondary N) is 1. The van der Waals surface area contributed by atoms with Crippen LogP contribution in [0.25, 0.3) is 11.1 Å². The van der Waals surface area contributed by atoms with E-state index in [1.807, 2.05) is 66.7 Å². The monoisotopic (exact) mass is 402 g/mol. The topological polar surface area (TPSA) is 50.8 Å². The summed E-state index contributed by atoms with van der Waals surface area (Å²) in [5, 5.41) is 2.92. The summed E-state index contributed by atoms with van der Waals surface area (Å²) in [7, 11) is 0. The first-order valence-corrected chi connectivity index (χ1v) is 10.2. The third-order valence-corrected chi connectivity index (χ3v) is 5.15. The molecule has 154 valence electrons. The molecule has 5 nitrogen and oxygen atoms in total. The van der Waals surface area contributed by atoms with Crippen molar-refractivity contribution in [1.82, 2.24) is 0 Å². The second kappa shape index (κ2) is 9.46. The zero-order valence-electron chi connectivity index (χ0n) is 17.1. The highest BCUT2D eigenvalue weighted by Gasteiger charge is 2.16. The number of anilines is 2. The first-order valence-electron chi connectivity index (χ1n) is 10.2. The van der Waals surface area contributed by atoms with E-state index in [2.05, 4.69) is 22.3 Å². The van der Waals surface area contributed by atoms with Crippen LogP contribution in [0.3, 0.4) is 0 Å². The quantitative estimate of drug-likeness (QED) is 0.655. The second-order valence-electron chi connectivity index (χ2n) is 7.29. The molecular formula is C25H26N2O3. The molecular weight excluding hydrogens is 376 g/mol. The molecule has 0 spiro atoms. The molecule has 3 aromatic carbocycles. The summed E-state index contributed by atoms with van der Waals surface area (Å²) in [6.07, 6.45) is -0.605. The molecule has 1 aliphatic rings. The number of benzene rings is 3. The number of morpholine rings is 1. The van der Waals surface area contributed by atoms with E-state index in [4.69, 9.17) is 9.47 Å². The molecule has 1 N–H and O–H groups in total. The van der Waals surface area contributed by atoms with Gasteiger partial charge >= 0.3 is 0 Å². The van der Waals surface area contributed by atoms with Crippen molar-refractivity contribution < 1.29 is 14.3 Å². The van der Waals surface area contributed by atoms with E-state index >= 15 is 0 Å². The van der Waals surface area contributed by atoms with Crippen LogP contribution in [0.4, 0.5) is 11.4 Å². The normalized spacial score (nSPS) is 14.8. The SMILES string of the molecule is CC(Oc1ccc(-c2ccccc2)cc1)C(=O)Nc1ccc(N2CCOCC2)cc1. The van der Waals surface area contributed by atoms with Gasteiger partial charge in [0.2, 0.25) is 0 Å². The maximum Gasteiger partial charge on any atom is 0.265 e. The van der Waals surface area contributed by atoms with E-state index < -0.39 is 6.10 Å². The summed E-state index contributed by atoms with van der Waals surface area (Å²) in [5.41, 5.74) is 4.15. The van der Waals surface area contributed by atoms with E-state index in [0.717, 1.165) is 48.8 Å². The zero-order valence-corrected chi connectivity index (χ0v) is 17.1.